The number of benzene rings is 2. The fourth-order valence-corrected chi connectivity index (χ4v) is 4.81. The summed E-state index contributed by atoms with van der Waals surface area (Å²) in [6, 6.07) is 12.4. The summed E-state index contributed by atoms with van der Waals surface area (Å²) in [5.74, 6) is 0.496. The van der Waals surface area contributed by atoms with Gasteiger partial charge in [0.05, 0.1) is 5.92 Å². The first-order valence-corrected chi connectivity index (χ1v) is 11.3. The van der Waals surface area contributed by atoms with Gasteiger partial charge in [0.1, 0.15) is 0 Å². The van der Waals surface area contributed by atoms with E-state index in [9.17, 15) is 9.59 Å². The molecule has 1 atom stereocenters. The van der Waals surface area contributed by atoms with Gasteiger partial charge in [-0.05, 0) is 62.1 Å². The van der Waals surface area contributed by atoms with E-state index >= 15 is 0 Å². The number of piperidine rings is 1. The molecule has 1 saturated carbocycles. The van der Waals surface area contributed by atoms with Gasteiger partial charge in [-0.3, -0.25) is 9.59 Å². The predicted octanol–water partition coefficient (Wildman–Crippen LogP) is 4.87. The third kappa shape index (κ3) is 4.09. The molecule has 2 aromatic carbocycles. The van der Waals surface area contributed by atoms with Crippen LogP contribution in [0.25, 0.3) is 0 Å². The minimum absolute atomic E-state index is 0.0703. The van der Waals surface area contributed by atoms with Crippen LogP contribution in [0.3, 0.4) is 0 Å². The van der Waals surface area contributed by atoms with E-state index in [1.54, 1.807) is 29.2 Å². The molecule has 0 radical (unpaired) electrons. The lowest BCUT2D eigenvalue weighted by molar-refractivity contribution is -0.121. The van der Waals surface area contributed by atoms with Gasteiger partial charge in [0, 0.05) is 48.3 Å². The van der Waals surface area contributed by atoms with Gasteiger partial charge in [-0.25, -0.2) is 0 Å². The minimum atomic E-state index is -0.517. The Morgan fingerprint density at radius 2 is 1.74 bits per heavy atom. The van der Waals surface area contributed by atoms with Crippen LogP contribution in [-0.2, 0) is 4.79 Å². The van der Waals surface area contributed by atoms with Crippen molar-refractivity contribution in [2.24, 2.45) is 5.92 Å². The average Bonchev–Trinajstić information content (AvgIpc) is 3.39. The second-order valence-corrected chi connectivity index (χ2v) is 9.01. The van der Waals surface area contributed by atoms with E-state index in [1.807, 2.05) is 18.2 Å². The Bertz CT molecular complexity index is 1000. The van der Waals surface area contributed by atoms with Crippen LogP contribution in [0.2, 0.25) is 5.02 Å². The normalized spacial score (nSPS) is 21.3. The number of amides is 2. The molecule has 31 heavy (non-hydrogen) atoms. The zero-order valence-electron chi connectivity index (χ0n) is 17.2. The first-order chi connectivity index (χ1) is 15.0. The number of anilines is 1. The van der Waals surface area contributed by atoms with Crippen LogP contribution in [-0.4, -0.2) is 35.6 Å². The SMILES string of the molecule is O=C(Nc1ccc2c(c1)OC1(CCCC1)O2)[C@H]1CCCN(C(=O)c2ccc(Cl)cc2)C1. The number of nitrogens with zero attached hydrogens (tertiary/aromatic N) is 1. The molecule has 0 unspecified atom stereocenters. The van der Waals surface area contributed by atoms with Gasteiger partial charge < -0.3 is 19.7 Å². The summed E-state index contributed by atoms with van der Waals surface area (Å²) in [4.78, 5) is 27.5. The zero-order chi connectivity index (χ0) is 21.4. The molecular weight excluding hydrogens is 416 g/mol. The monoisotopic (exact) mass is 440 g/mol. The van der Waals surface area contributed by atoms with Crippen molar-refractivity contribution in [2.45, 2.75) is 44.3 Å². The summed E-state index contributed by atoms with van der Waals surface area (Å²) >= 11 is 5.92. The average molecular weight is 441 g/mol. The highest BCUT2D eigenvalue weighted by molar-refractivity contribution is 6.30. The van der Waals surface area contributed by atoms with Gasteiger partial charge in [0.15, 0.2) is 11.5 Å². The van der Waals surface area contributed by atoms with E-state index in [2.05, 4.69) is 5.32 Å². The lowest BCUT2D eigenvalue weighted by Gasteiger charge is -2.32. The second-order valence-electron chi connectivity index (χ2n) is 8.57. The quantitative estimate of drug-likeness (QED) is 0.739. The van der Waals surface area contributed by atoms with Crippen molar-refractivity contribution in [3.63, 3.8) is 0 Å². The van der Waals surface area contributed by atoms with Crippen molar-refractivity contribution >= 4 is 29.1 Å². The topological polar surface area (TPSA) is 67.9 Å². The third-order valence-electron chi connectivity index (χ3n) is 6.34. The Labute approximate surface area is 186 Å². The summed E-state index contributed by atoms with van der Waals surface area (Å²) in [7, 11) is 0. The maximum atomic E-state index is 12.9. The Morgan fingerprint density at radius 1 is 1.00 bits per heavy atom. The van der Waals surface area contributed by atoms with E-state index < -0.39 is 5.79 Å². The van der Waals surface area contributed by atoms with Crippen LogP contribution < -0.4 is 14.8 Å². The van der Waals surface area contributed by atoms with Crippen molar-refractivity contribution in [1.29, 1.82) is 0 Å². The molecule has 1 N–H and O–H groups in total. The van der Waals surface area contributed by atoms with Gasteiger partial charge in [-0.1, -0.05) is 11.6 Å². The molecule has 7 heteroatoms. The molecular formula is C24H25ClN2O4. The Kier molecular flexibility index (Phi) is 5.26. The number of rotatable bonds is 3. The first kappa shape index (κ1) is 20.2. The van der Waals surface area contributed by atoms with Gasteiger partial charge in [-0.2, -0.15) is 0 Å². The molecule has 2 aliphatic heterocycles. The largest absolute Gasteiger partial charge is 0.448 e. The molecule has 3 aliphatic rings. The lowest BCUT2D eigenvalue weighted by atomic mass is 9.96. The Morgan fingerprint density at radius 3 is 2.52 bits per heavy atom. The van der Waals surface area contributed by atoms with Crippen molar-refractivity contribution in [3.8, 4) is 11.5 Å². The highest BCUT2D eigenvalue weighted by Crippen LogP contribution is 2.47. The summed E-state index contributed by atoms with van der Waals surface area (Å²) in [5.41, 5.74) is 1.27. The van der Waals surface area contributed by atoms with Crippen LogP contribution in [0.15, 0.2) is 42.5 Å². The predicted molar refractivity (Wildman–Crippen MR) is 118 cm³/mol. The highest BCUT2D eigenvalue weighted by atomic mass is 35.5. The number of carbonyl (C=O) groups excluding carboxylic acids is 2. The summed E-state index contributed by atoms with van der Waals surface area (Å²) in [6.45, 7) is 1.05. The van der Waals surface area contributed by atoms with Crippen LogP contribution >= 0.6 is 11.6 Å². The van der Waals surface area contributed by atoms with Gasteiger partial charge in [-0.15, -0.1) is 0 Å². The smallest absolute Gasteiger partial charge is 0.253 e. The molecule has 0 bridgehead atoms. The summed E-state index contributed by atoms with van der Waals surface area (Å²) in [6.07, 6.45) is 5.53. The molecule has 162 valence electrons. The number of ether oxygens (including phenoxy) is 2. The molecule has 2 aromatic rings. The zero-order valence-corrected chi connectivity index (χ0v) is 18.0. The number of hydrogen-bond acceptors (Lipinski definition) is 4. The number of halogens is 1. The van der Waals surface area contributed by atoms with E-state index in [0.29, 0.717) is 35.1 Å². The maximum absolute atomic E-state index is 12.9. The molecule has 2 fully saturated rings. The third-order valence-corrected chi connectivity index (χ3v) is 6.59. The number of hydrogen-bond donors (Lipinski definition) is 1. The molecule has 1 aliphatic carbocycles. The second kappa shape index (κ2) is 8.08. The van der Waals surface area contributed by atoms with E-state index in [-0.39, 0.29) is 17.7 Å². The molecule has 6 nitrogen and oxygen atoms in total. The van der Waals surface area contributed by atoms with Crippen molar-refractivity contribution < 1.29 is 19.1 Å². The van der Waals surface area contributed by atoms with Gasteiger partial charge in [0.25, 0.3) is 11.7 Å². The van der Waals surface area contributed by atoms with Gasteiger partial charge >= 0.3 is 0 Å². The van der Waals surface area contributed by atoms with E-state index in [4.69, 9.17) is 21.1 Å². The van der Waals surface area contributed by atoms with Crippen molar-refractivity contribution in [1.82, 2.24) is 4.90 Å². The fraction of sp³-hybridized carbons (Fsp3) is 0.417. The Balaban J connectivity index is 1.23. The van der Waals surface area contributed by atoms with Crippen molar-refractivity contribution in [2.75, 3.05) is 18.4 Å². The van der Waals surface area contributed by atoms with Crippen LogP contribution in [0.5, 0.6) is 11.5 Å². The number of nitrogens with one attached hydrogen (secondary N) is 1. The fourth-order valence-electron chi connectivity index (χ4n) is 4.68. The molecule has 0 aromatic heterocycles. The number of fused-ring (bicyclic) bond motifs is 1. The van der Waals surface area contributed by atoms with Gasteiger partial charge in [0.2, 0.25) is 5.91 Å². The van der Waals surface area contributed by atoms with E-state index in [0.717, 1.165) is 44.3 Å². The Hall–Kier alpha value is -2.73. The van der Waals surface area contributed by atoms with Crippen molar-refractivity contribution in [3.05, 3.63) is 53.1 Å². The highest BCUT2D eigenvalue weighted by Gasteiger charge is 2.44. The minimum Gasteiger partial charge on any atom is -0.448 e. The molecule has 2 amide bonds. The number of likely N-dealkylation sites (tertiary alicyclic amines) is 1. The first-order valence-electron chi connectivity index (χ1n) is 10.9. The maximum Gasteiger partial charge on any atom is 0.253 e. The molecule has 5 rings (SSSR count). The molecule has 1 spiro atoms. The molecule has 2 heterocycles. The van der Waals surface area contributed by atoms with Crippen LogP contribution in [0.4, 0.5) is 5.69 Å². The van der Waals surface area contributed by atoms with Crippen LogP contribution in [0.1, 0.15) is 48.9 Å². The standard InChI is InChI=1S/C24H25ClN2O4/c25-18-7-5-16(6-8-18)23(29)27-13-3-4-17(15-27)22(28)26-19-9-10-20-21(14-19)31-24(30-20)11-1-2-12-24/h5-10,14,17H,1-4,11-13,15H2,(H,26,28)/t17-/m0/s1. The lowest BCUT2D eigenvalue weighted by Crippen LogP contribution is -2.43. The van der Waals surface area contributed by atoms with E-state index in [1.165, 1.54) is 0 Å². The summed E-state index contributed by atoms with van der Waals surface area (Å²) in [5, 5.41) is 3.59. The van der Waals surface area contributed by atoms with Crippen LogP contribution in [0, 0.1) is 5.92 Å². The summed E-state index contributed by atoms with van der Waals surface area (Å²) < 4.78 is 12.1. The number of carbonyl (C=O) groups is 2. The molecule has 1 saturated heterocycles.